The van der Waals surface area contributed by atoms with Gasteiger partial charge < -0.3 is 19.7 Å². The molecule has 2 aromatic heterocycles. The van der Waals surface area contributed by atoms with Gasteiger partial charge in [0.25, 0.3) is 0 Å². The number of carbonyl (C=O) groups excluding carboxylic acids is 1. The second-order valence-corrected chi connectivity index (χ2v) is 9.29. The Morgan fingerprint density at radius 2 is 2.13 bits per heavy atom. The fourth-order valence-electron chi connectivity index (χ4n) is 4.98. The van der Waals surface area contributed by atoms with Gasteiger partial charge in [-0.3, -0.25) is 9.69 Å². The van der Waals surface area contributed by atoms with Gasteiger partial charge in [-0.1, -0.05) is 11.3 Å². The molecule has 1 aromatic carbocycles. The van der Waals surface area contributed by atoms with Crippen molar-refractivity contribution in [1.29, 1.82) is 0 Å². The molecule has 4 heterocycles. The Kier molecular flexibility index (Phi) is 4.76. The predicted octanol–water partition coefficient (Wildman–Crippen LogP) is 2.49. The maximum atomic E-state index is 12.8. The number of piperidine rings is 1. The van der Waals surface area contributed by atoms with Gasteiger partial charge in [0.15, 0.2) is 5.13 Å². The summed E-state index contributed by atoms with van der Waals surface area (Å²) in [6.07, 6.45) is 6.77. The van der Waals surface area contributed by atoms with Gasteiger partial charge in [0.2, 0.25) is 5.91 Å². The highest BCUT2D eigenvalue weighted by atomic mass is 32.1. The molecule has 0 radical (unpaired) electrons. The van der Waals surface area contributed by atoms with Crippen LogP contribution in [0.4, 0.5) is 5.13 Å². The fourth-order valence-corrected chi connectivity index (χ4v) is 5.89. The smallest absolute Gasteiger partial charge is 0.240 e. The van der Waals surface area contributed by atoms with Gasteiger partial charge in [-0.15, -0.1) is 0 Å². The van der Waals surface area contributed by atoms with Crippen LogP contribution in [0.25, 0.3) is 10.2 Å². The molecule has 2 N–H and O–H groups in total. The molecule has 0 aliphatic carbocycles. The Balaban J connectivity index is 1.27. The van der Waals surface area contributed by atoms with E-state index >= 15 is 0 Å². The Morgan fingerprint density at radius 3 is 2.80 bits per heavy atom. The monoisotopic (exact) mass is 427 g/mol. The number of imidazole rings is 1. The fraction of sp³-hybridized carbons (Fsp3) is 0.476. The van der Waals surface area contributed by atoms with Crippen LogP contribution in [-0.2, 0) is 17.4 Å². The third-order valence-electron chi connectivity index (χ3n) is 6.32. The van der Waals surface area contributed by atoms with Crippen molar-refractivity contribution in [3.8, 4) is 5.75 Å². The highest BCUT2D eigenvalue weighted by molar-refractivity contribution is 7.22. The highest BCUT2D eigenvalue weighted by Crippen LogP contribution is 2.45. The largest absolute Gasteiger partial charge is 0.497 e. The van der Waals surface area contributed by atoms with Crippen molar-refractivity contribution in [3.05, 3.63) is 36.4 Å². The predicted molar refractivity (Wildman–Crippen MR) is 115 cm³/mol. The van der Waals surface area contributed by atoms with Crippen molar-refractivity contribution in [2.24, 2.45) is 7.05 Å². The molecule has 30 heavy (non-hydrogen) atoms. The molecule has 0 saturated carbocycles. The first-order valence-corrected chi connectivity index (χ1v) is 11.0. The molecule has 9 heteroatoms. The van der Waals surface area contributed by atoms with E-state index in [2.05, 4.69) is 20.2 Å². The van der Waals surface area contributed by atoms with E-state index in [0.29, 0.717) is 30.3 Å². The van der Waals surface area contributed by atoms with E-state index in [0.717, 1.165) is 28.8 Å². The van der Waals surface area contributed by atoms with Crippen LogP contribution in [0, 0.1) is 0 Å². The lowest BCUT2D eigenvalue weighted by Crippen LogP contribution is -2.52. The summed E-state index contributed by atoms with van der Waals surface area (Å²) in [5.41, 5.74) is -0.0855. The Labute approximate surface area is 178 Å². The first-order valence-electron chi connectivity index (χ1n) is 10.2. The SMILES string of the molecule is COc1ccc2nc(NC(=O)CN3[C@@H]4CC[C@H]3CC(O)(c3nccn3C)C4)sc2c1. The van der Waals surface area contributed by atoms with E-state index in [9.17, 15) is 9.90 Å². The molecule has 2 bridgehead atoms. The van der Waals surface area contributed by atoms with Crippen molar-refractivity contribution in [2.75, 3.05) is 19.0 Å². The molecule has 3 aromatic rings. The number of hydrogen-bond acceptors (Lipinski definition) is 7. The number of thiazole rings is 1. The number of aryl methyl sites for hydroxylation is 1. The number of nitrogens with zero attached hydrogens (tertiary/aromatic N) is 4. The van der Waals surface area contributed by atoms with Gasteiger partial charge in [0.1, 0.15) is 17.2 Å². The van der Waals surface area contributed by atoms with Crippen LogP contribution >= 0.6 is 11.3 Å². The molecule has 8 nitrogen and oxygen atoms in total. The number of ether oxygens (including phenoxy) is 1. The normalized spacial score (nSPS) is 26.2. The van der Waals surface area contributed by atoms with Gasteiger partial charge in [-0.25, -0.2) is 9.97 Å². The lowest BCUT2D eigenvalue weighted by molar-refractivity contribution is -0.121. The number of amides is 1. The van der Waals surface area contributed by atoms with Gasteiger partial charge in [0, 0.05) is 31.5 Å². The first kappa shape index (κ1) is 19.5. The number of carbonyl (C=O) groups is 1. The highest BCUT2D eigenvalue weighted by Gasteiger charge is 2.50. The number of aromatic nitrogens is 3. The lowest BCUT2D eigenvalue weighted by Gasteiger charge is -2.43. The number of rotatable bonds is 5. The van der Waals surface area contributed by atoms with Gasteiger partial charge in [-0.2, -0.15) is 0 Å². The van der Waals surface area contributed by atoms with Crippen molar-refractivity contribution in [1.82, 2.24) is 19.4 Å². The summed E-state index contributed by atoms with van der Waals surface area (Å²) in [6.45, 7) is 0.311. The topological polar surface area (TPSA) is 92.5 Å². The summed E-state index contributed by atoms with van der Waals surface area (Å²) in [5, 5.41) is 14.8. The van der Waals surface area contributed by atoms with Crippen molar-refractivity contribution < 1.29 is 14.6 Å². The molecular formula is C21H25N5O3S. The summed E-state index contributed by atoms with van der Waals surface area (Å²) in [4.78, 5) is 23.9. The second-order valence-electron chi connectivity index (χ2n) is 8.26. The molecule has 1 amide bonds. The van der Waals surface area contributed by atoms with E-state index < -0.39 is 5.60 Å². The van der Waals surface area contributed by atoms with Crippen molar-refractivity contribution in [2.45, 2.75) is 43.4 Å². The van der Waals surface area contributed by atoms with E-state index in [-0.39, 0.29) is 18.0 Å². The Morgan fingerprint density at radius 1 is 1.37 bits per heavy atom. The number of anilines is 1. The number of benzene rings is 1. The minimum Gasteiger partial charge on any atom is -0.497 e. The van der Waals surface area contributed by atoms with E-state index in [1.807, 2.05) is 36.0 Å². The zero-order valence-electron chi connectivity index (χ0n) is 17.0. The zero-order chi connectivity index (χ0) is 20.9. The number of fused-ring (bicyclic) bond motifs is 3. The summed E-state index contributed by atoms with van der Waals surface area (Å²) < 4.78 is 8.12. The molecule has 2 aliphatic rings. The van der Waals surface area contributed by atoms with E-state index in [1.165, 1.54) is 11.3 Å². The minimum absolute atomic E-state index is 0.0691. The van der Waals surface area contributed by atoms with Crippen molar-refractivity contribution >= 4 is 32.6 Å². The third-order valence-corrected chi connectivity index (χ3v) is 7.26. The number of hydrogen-bond donors (Lipinski definition) is 2. The average molecular weight is 428 g/mol. The van der Waals surface area contributed by atoms with Crippen LogP contribution in [-0.4, -0.2) is 56.2 Å². The van der Waals surface area contributed by atoms with Crippen LogP contribution < -0.4 is 10.1 Å². The maximum Gasteiger partial charge on any atom is 0.240 e. The van der Waals surface area contributed by atoms with E-state index in [4.69, 9.17) is 4.74 Å². The van der Waals surface area contributed by atoms with Crippen LogP contribution in [0.15, 0.2) is 30.6 Å². The van der Waals surface area contributed by atoms with Crippen LogP contribution in [0.2, 0.25) is 0 Å². The zero-order valence-corrected chi connectivity index (χ0v) is 17.9. The van der Waals surface area contributed by atoms with Gasteiger partial charge in [0.05, 0.1) is 23.9 Å². The van der Waals surface area contributed by atoms with Crippen molar-refractivity contribution in [3.63, 3.8) is 0 Å². The summed E-state index contributed by atoms with van der Waals surface area (Å²) >= 11 is 1.44. The average Bonchev–Trinajstić information content (AvgIpc) is 3.38. The van der Waals surface area contributed by atoms with Crippen LogP contribution in [0.3, 0.4) is 0 Å². The Hall–Kier alpha value is -2.49. The molecule has 2 fully saturated rings. The standard InChI is InChI=1S/C21H25N5O3S/c1-25-8-7-22-19(25)21(28)10-13-3-4-14(11-21)26(13)12-18(27)24-20-23-16-6-5-15(29-2)9-17(16)30-20/h5-9,13-14,28H,3-4,10-12H2,1-2H3,(H,23,24,27)/t13-,14+,21?. The molecule has 0 spiro atoms. The summed E-state index contributed by atoms with van der Waals surface area (Å²) in [5.74, 6) is 1.42. The van der Waals surface area contributed by atoms with Crippen LogP contribution in [0.5, 0.6) is 5.75 Å². The lowest BCUT2D eigenvalue weighted by atomic mass is 9.85. The first-order chi connectivity index (χ1) is 14.4. The summed E-state index contributed by atoms with van der Waals surface area (Å²) in [6, 6.07) is 6.03. The molecular weight excluding hydrogens is 402 g/mol. The quantitative estimate of drug-likeness (QED) is 0.650. The number of nitrogens with one attached hydrogen (secondary N) is 1. The number of aliphatic hydroxyl groups is 1. The third kappa shape index (κ3) is 3.36. The van der Waals surface area contributed by atoms with E-state index in [1.54, 1.807) is 13.3 Å². The van der Waals surface area contributed by atoms with Crippen LogP contribution in [0.1, 0.15) is 31.5 Å². The van der Waals surface area contributed by atoms with Gasteiger partial charge >= 0.3 is 0 Å². The molecule has 2 aliphatic heterocycles. The molecule has 3 atom stereocenters. The number of methoxy groups -OCH3 is 1. The molecule has 158 valence electrons. The molecule has 5 rings (SSSR count). The second kappa shape index (κ2) is 7.33. The summed E-state index contributed by atoms with van der Waals surface area (Å²) in [7, 11) is 3.54. The minimum atomic E-state index is -0.927. The molecule has 2 saturated heterocycles. The maximum absolute atomic E-state index is 12.8. The Bertz CT molecular complexity index is 1080. The molecule has 1 unspecified atom stereocenters. The van der Waals surface area contributed by atoms with Gasteiger partial charge in [-0.05, 0) is 43.9 Å².